The van der Waals surface area contributed by atoms with E-state index in [2.05, 4.69) is 16.5 Å². The maximum Gasteiger partial charge on any atom is 0.338 e. The molecule has 1 aromatic carbocycles. The molecule has 2 atom stereocenters. The van der Waals surface area contributed by atoms with Crippen LogP contribution in [-0.2, 0) is 9.53 Å². The van der Waals surface area contributed by atoms with Crippen molar-refractivity contribution in [2.75, 3.05) is 0 Å². The summed E-state index contributed by atoms with van der Waals surface area (Å²) in [6.45, 7) is 8.72. The van der Waals surface area contributed by atoms with Crippen LogP contribution in [0.4, 0.5) is 0 Å². The molecule has 0 radical (unpaired) electrons. The van der Waals surface area contributed by atoms with E-state index in [9.17, 15) is 14.9 Å². The van der Waals surface area contributed by atoms with Crippen molar-refractivity contribution in [3.05, 3.63) is 47.8 Å². The summed E-state index contributed by atoms with van der Waals surface area (Å²) in [6.07, 6.45) is 0.682. The molecule has 1 amide bonds. The first-order valence-corrected chi connectivity index (χ1v) is 8.73. The maximum atomic E-state index is 12.3. The zero-order chi connectivity index (χ0) is 20.2. The molecule has 0 saturated heterocycles. The lowest BCUT2D eigenvalue weighted by Crippen LogP contribution is -2.52. The van der Waals surface area contributed by atoms with Crippen LogP contribution in [0.3, 0.4) is 0 Å². The zero-order valence-electron chi connectivity index (χ0n) is 16.2. The van der Waals surface area contributed by atoms with E-state index in [1.807, 2.05) is 26.8 Å². The zero-order valence-corrected chi connectivity index (χ0v) is 16.2. The molecule has 2 unspecified atom stereocenters. The summed E-state index contributed by atoms with van der Waals surface area (Å²) in [5.74, 6) is -1.21. The Hall–Kier alpha value is -3.14. The van der Waals surface area contributed by atoms with Crippen LogP contribution in [0.5, 0.6) is 0 Å². The predicted molar refractivity (Wildman–Crippen MR) is 100 cm³/mol. The smallest absolute Gasteiger partial charge is 0.338 e. The molecule has 1 N–H and O–H groups in total. The molecule has 1 aromatic heterocycles. The van der Waals surface area contributed by atoms with Crippen molar-refractivity contribution < 1.29 is 14.3 Å². The standard InChI is InChI=1S/C20H24N4O3/c1-13(2)20(5,12-21)23-18(25)15(4)27-19(26)16-6-8-17(9-7-16)24-14(3)10-11-22-24/h6-11,13,15H,1-5H3,(H,23,25). The van der Waals surface area contributed by atoms with E-state index in [1.54, 1.807) is 42.1 Å². The third-order valence-corrected chi connectivity index (χ3v) is 4.60. The highest BCUT2D eigenvalue weighted by molar-refractivity contribution is 5.92. The molecule has 1 heterocycles. The Morgan fingerprint density at radius 3 is 2.33 bits per heavy atom. The van der Waals surface area contributed by atoms with E-state index < -0.39 is 23.5 Å². The Morgan fingerprint density at radius 2 is 1.85 bits per heavy atom. The van der Waals surface area contributed by atoms with E-state index in [-0.39, 0.29) is 5.92 Å². The van der Waals surface area contributed by atoms with Crippen molar-refractivity contribution in [1.29, 1.82) is 5.26 Å². The summed E-state index contributed by atoms with van der Waals surface area (Å²) < 4.78 is 6.99. The quantitative estimate of drug-likeness (QED) is 0.791. The van der Waals surface area contributed by atoms with E-state index in [4.69, 9.17) is 4.74 Å². The summed E-state index contributed by atoms with van der Waals surface area (Å²) in [6, 6.07) is 10.7. The molecule has 0 fully saturated rings. The Kier molecular flexibility index (Phi) is 6.01. The number of benzene rings is 1. The number of hydrogen-bond donors (Lipinski definition) is 1. The molecule has 7 heteroatoms. The van der Waals surface area contributed by atoms with Gasteiger partial charge in [0.1, 0.15) is 5.54 Å². The molecule has 142 valence electrons. The van der Waals surface area contributed by atoms with Crippen molar-refractivity contribution >= 4 is 11.9 Å². The fourth-order valence-corrected chi connectivity index (χ4v) is 2.32. The number of nitriles is 1. The van der Waals surface area contributed by atoms with Gasteiger partial charge in [0.05, 0.1) is 17.3 Å². The highest BCUT2D eigenvalue weighted by Crippen LogP contribution is 2.16. The third kappa shape index (κ3) is 4.53. The summed E-state index contributed by atoms with van der Waals surface area (Å²) in [5.41, 5.74) is 1.10. The molecule has 0 aliphatic carbocycles. The molecule has 0 spiro atoms. The summed E-state index contributed by atoms with van der Waals surface area (Å²) in [4.78, 5) is 24.6. The normalized spacial score (nSPS) is 14.1. The van der Waals surface area contributed by atoms with Gasteiger partial charge in [-0.2, -0.15) is 10.4 Å². The molecule has 0 saturated carbocycles. The van der Waals surface area contributed by atoms with Crippen LogP contribution in [0.15, 0.2) is 36.5 Å². The summed E-state index contributed by atoms with van der Waals surface area (Å²) in [5, 5.41) is 16.1. The van der Waals surface area contributed by atoms with Crippen LogP contribution in [0, 0.1) is 24.2 Å². The first-order valence-electron chi connectivity index (χ1n) is 8.73. The predicted octanol–water partition coefficient (Wildman–Crippen LogP) is 2.78. The third-order valence-electron chi connectivity index (χ3n) is 4.60. The fraction of sp³-hybridized carbons (Fsp3) is 0.400. The number of aromatic nitrogens is 2. The molecular weight excluding hydrogens is 344 g/mol. The van der Waals surface area contributed by atoms with E-state index >= 15 is 0 Å². The van der Waals surface area contributed by atoms with Crippen LogP contribution in [-0.4, -0.2) is 33.3 Å². The van der Waals surface area contributed by atoms with Gasteiger partial charge in [0.15, 0.2) is 6.10 Å². The lowest BCUT2D eigenvalue weighted by atomic mass is 9.90. The van der Waals surface area contributed by atoms with Crippen LogP contribution < -0.4 is 5.32 Å². The van der Waals surface area contributed by atoms with Crippen molar-refractivity contribution in [3.63, 3.8) is 0 Å². The van der Waals surface area contributed by atoms with Crippen molar-refractivity contribution in [2.24, 2.45) is 5.92 Å². The van der Waals surface area contributed by atoms with Gasteiger partial charge in [-0.25, -0.2) is 9.48 Å². The van der Waals surface area contributed by atoms with Gasteiger partial charge in [-0.3, -0.25) is 4.79 Å². The minimum Gasteiger partial charge on any atom is -0.449 e. The second-order valence-corrected chi connectivity index (χ2v) is 6.94. The van der Waals surface area contributed by atoms with Crippen molar-refractivity contribution in [2.45, 2.75) is 46.3 Å². The summed E-state index contributed by atoms with van der Waals surface area (Å²) >= 11 is 0. The number of esters is 1. The molecule has 2 rings (SSSR count). The van der Waals surface area contributed by atoms with Crippen molar-refractivity contribution in [3.8, 4) is 11.8 Å². The van der Waals surface area contributed by atoms with E-state index in [0.29, 0.717) is 5.56 Å². The number of hydrogen-bond acceptors (Lipinski definition) is 5. The number of nitrogens with one attached hydrogen (secondary N) is 1. The highest BCUT2D eigenvalue weighted by Gasteiger charge is 2.32. The minimum atomic E-state index is -1.03. The molecule has 0 aliphatic rings. The van der Waals surface area contributed by atoms with Gasteiger partial charge in [0, 0.05) is 11.9 Å². The molecular formula is C20H24N4O3. The molecule has 2 aromatic rings. The van der Waals surface area contributed by atoms with Crippen molar-refractivity contribution in [1.82, 2.24) is 15.1 Å². The number of ether oxygens (including phenoxy) is 1. The van der Waals surface area contributed by atoms with Gasteiger partial charge in [0.25, 0.3) is 5.91 Å². The lowest BCUT2D eigenvalue weighted by Gasteiger charge is -2.28. The minimum absolute atomic E-state index is 0.0901. The Morgan fingerprint density at radius 1 is 1.22 bits per heavy atom. The molecule has 0 aliphatic heterocycles. The number of carbonyl (C=O) groups excluding carboxylic acids is 2. The number of aryl methyl sites for hydroxylation is 1. The van der Waals surface area contributed by atoms with Gasteiger partial charge < -0.3 is 10.1 Å². The van der Waals surface area contributed by atoms with Gasteiger partial charge in [-0.15, -0.1) is 0 Å². The largest absolute Gasteiger partial charge is 0.449 e. The number of rotatable bonds is 6. The number of amides is 1. The Balaban J connectivity index is 2.03. The fourth-order valence-electron chi connectivity index (χ4n) is 2.32. The van der Waals surface area contributed by atoms with Crippen LogP contribution in [0.25, 0.3) is 5.69 Å². The monoisotopic (exact) mass is 368 g/mol. The number of nitrogens with zero attached hydrogens (tertiary/aromatic N) is 3. The van der Waals surface area contributed by atoms with Crippen LogP contribution in [0.1, 0.15) is 43.7 Å². The topological polar surface area (TPSA) is 97.0 Å². The second kappa shape index (κ2) is 8.04. The van der Waals surface area contributed by atoms with Gasteiger partial charge in [0.2, 0.25) is 0 Å². The van der Waals surface area contributed by atoms with E-state index in [1.165, 1.54) is 6.92 Å². The molecule has 27 heavy (non-hydrogen) atoms. The van der Waals surface area contributed by atoms with Gasteiger partial charge >= 0.3 is 5.97 Å². The Labute approximate surface area is 158 Å². The molecule has 0 bridgehead atoms. The molecule has 7 nitrogen and oxygen atoms in total. The maximum absolute atomic E-state index is 12.3. The Bertz CT molecular complexity index is 864. The van der Waals surface area contributed by atoms with E-state index in [0.717, 1.165) is 11.4 Å². The average Bonchev–Trinajstić information content (AvgIpc) is 3.07. The summed E-state index contributed by atoms with van der Waals surface area (Å²) in [7, 11) is 0. The highest BCUT2D eigenvalue weighted by atomic mass is 16.5. The number of carbonyl (C=O) groups is 2. The second-order valence-electron chi connectivity index (χ2n) is 6.94. The SMILES string of the molecule is Cc1ccnn1-c1ccc(C(=O)OC(C)C(=O)NC(C)(C#N)C(C)C)cc1. The lowest BCUT2D eigenvalue weighted by molar-refractivity contribution is -0.130. The van der Waals surface area contributed by atoms with Crippen LogP contribution in [0.2, 0.25) is 0 Å². The first kappa shape index (κ1) is 20.2. The first-order chi connectivity index (χ1) is 12.7. The average molecular weight is 368 g/mol. The van der Waals surface area contributed by atoms with Gasteiger partial charge in [-0.05, 0) is 57.0 Å². The van der Waals surface area contributed by atoms with Crippen LogP contribution >= 0.6 is 0 Å². The van der Waals surface area contributed by atoms with Gasteiger partial charge in [-0.1, -0.05) is 13.8 Å².